The number of pyridine rings is 1. The van der Waals surface area contributed by atoms with Crippen LogP contribution in [0.1, 0.15) is 24.0 Å². The van der Waals surface area contributed by atoms with E-state index >= 15 is 0 Å². The molecule has 0 amide bonds. The van der Waals surface area contributed by atoms with Gasteiger partial charge in [0.2, 0.25) is 0 Å². The molecule has 0 unspecified atom stereocenters. The molecule has 6 heteroatoms. The first kappa shape index (κ1) is 21.3. The summed E-state index contributed by atoms with van der Waals surface area (Å²) in [6.07, 6.45) is 5.38. The summed E-state index contributed by atoms with van der Waals surface area (Å²) in [5.74, 6) is 2.42. The second kappa shape index (κ2) is 9.16. The summed E-state index contributed by atoms with van der Waals surface area (Å²) in [7, 11) is 1.74. The van der Waals surface area contributed by atoms with Gasteiger partial charge in [-0.25, -0.2) is 9.97 Å². The zero-order valence-corrected chi connectivity index (χ0v) is 19.0. The number of hydrogen-bond acceptors (Lipinski definition) is 6. The van der Waals surface area contributed by atoms with Gasteiger partial charge < -0.3 is 14.8 Å². The maximum Gasteiger partial charge on any atom is 0.163 e. The molecule has 0 bridgehead atoms. The predicted octanol–water partition coefficient (Wildman–Crippen LogP) is 5.17. The summed E-state index contributed by atoms with van der Waals surface area (Å²) >= 11 is 0. The topological polar surface area (TPSA) is 69.2 Å². The summed E-state index contributed by atoms with van der Waals surface area (Å²) in [6, 6.07) is 18.4. The minimum absolute atomic E-state index is 0.115. The molecule has 2 aromatic carbocycles. The highest BCUT2D eigenvalue weighted by atomic mass is 16.5. The van der Waals surface area contributed by atoms with Crippen molar-refractivity contribution in [3.05, 3.63) is 78.1 Å². The highest BCUT2D eigenvalue weighted by molar-refractivity contribution is 5.90. The van der Waals surface area contributed by atoms with Crippen LogP contribution in [0.3, 0.4) is 0 Å². The first-order chi connectivity index (χ1) is 16.2. The minimum Gasteiger partial charge on any atom is -0.496 e. The molecule has 1 fully saturated rings. The van der Waals surface area contributed by atoms with Crippen LogP contribution in [0.4, 0.5) is 5.82 Å². The van der Waals surface area contributed by atoms with Gasteiger partial charge in [-0.2, -0.15) is 0 Å². The van der Waals surface area contributed by atoms with Crippen LogP contribution in [0.15, 0.2) is 67.0 Å². The highest BCUT2D eigenvalue weighted by Crippen LogP contribution is 2.41. The average molecular weight is 441 g/mol. The summed E-state index contributed by atoms with van der Waals surface area (Å²) < 4.78 is 11.5. The quantitative estimate of drug-likeness (QED) is 0.446. The number of para-hydroxylation sites is 1. The van der Waals surface area contributed by atoms with Crippen molar-refractivity contribution in [2.75, 3.05) is 32.2 Å². The SMILES string of the molecule is COc1ccc(C)cc1C1(CNc2nc(-c3cccnc3)nc3ccccc23)CCOCC1. The minimum atomic E-state index is -0.115. The van der Waals surface area contributed by atoms with Crippen LogP contribution in [-0.4, -0.2) is 41.8 Å². The van der Waals surface area contributed by atoms with Crippen molar-refractivity contribution in [1.82, 2.24) is 15.0 Å². The molecule has 33 heavy (non-hydrogen) atoms. The lowest BCUT2D eigenvalue weighted by atomic mass is 9.73. The largest absolute Gasteiger partial charge is 0.496 e. The number of fused-ring (bicyclic) bond motifs is 1. The smallest absolute Gasteiger partial charge is 0.163 e. The van der Waals surface area contributed by atoms with E-state index in [1.165, 1.54) is 11.1 Å². The predicted molar refractivity (Wildman–Crippen MR) is 131 cm³/mol. The lowest BCUT2D eigenvalue weighted by Crippen LogP contribution is -2.40. The molecule has 0 spiro atoms. The average Bonchev–Trinajstić information content (AvgIpc) is 2.88. The van der Waals surface area contributed by atoms with E-state index in [1.807, 2.05) is 30.3 Å². The number of benzene rings is 2. The third kappa shape index (κ3) is 4.26. The van der Waals surface area contributed by atoms with Gasteiger partial charge in [-0.05, 0) is 50.1 Å². The molecule has 1 saturated heterocycles. The van der Waals surface area contributed by atoms with Gasteiger partial charge in [0.1, 0.15) is 11.6 Å². The number of aromatic nitrogens is 3. The number of nitrogens with zero attached hydrogens (tertiary/aromatic N) is 3. The maximum atomic E-state index is 5.78. The number of nitrogens with one attached hydrogen (secondary N) is 1. The molecule has 0 atom stereocenters. The Morgan fingerprint density at radius 2 is 1.88 bits per heavy atom. The number of hydrogen-bond donors (Lipinski definition) is 1. The Bertz CT molecular complexity index is 1250. The summed E-state index contributed by atoms with van der Waals surface area (Å²) in [5.41, 5.74) is 4.14. The van der Waals surface area contributed by atoms with Crippen molar-refractivity contribution >= 4 is 16.7 Å². The molecule has 0 saturated carbocycles. The van der Waals surface area contributed by atoms with E-state index < -0.39 is 0 Å². The van der Waals surface area contributed by atoms with Crippen molar-refractivity contribution in [3.63, 3.8) is 0 Å². The fraction of sp³-hybridized carbons (Fsp3) is 0.296. The van der Waals surface area contributed by atoms with Crippen LogP contribution in [0.25, 0.3) is 22.3 Å². The van der Waals surface area contributed by atoms with Crippen LogP contribution in [0.2, 0.25) is 0 Å². The molecule has 0 aliphatic carbocycles. The van der Waals surface area contributed by atoms with Crippen LogP contribution < -0.4 is 10.1 Å². The van der Waals surface area contributed by atoms with E-state index in [0.717, 1.165) is 60.6 Å². The molecule has 0 radical (unpaired) electrons. The Morgan fingerprint density at radius 1 is 1.03 bits per heavy atom. The zero-order chi connectivity index (χ0) is 22.7. The summed E-state index contributed by atoms with van der Waals surface area (Å²) in [5, 5.41) is 4.70. The Kier molecular flexibility index (Phi) is 5.92. The number of aryl methyl sites for hydroxylation is 1. The number of ether oxygens (including phenoxy) is 2. The fourth-order valence-electron chi connectivity index (χ4n) is 4.63. The molecular weight excluding hydrogens is 412 g/mol. The second-order valence-corrected chi connectivity index (χ2v) is 8.60. The zero-order valence-electron chi connectivity index (χ0n) is 19.0. The van der Waals surface area contributed by atoms with Gasteiger partial charge in [0, 0.05) is 54.1 Å². The van der Waals surface area contributed by atoms with Crippen LogP contribution in [-0.2, 0) is 10.2 Å². The van der Waals surface area contributed by atoms with Crippen molar-refractivity contribution in [2.24, 2.45) is 0 Å². The Morgan fingerprint density at radius 3 is 2.67 bits per heavy atom. The number of anilines is 1. The number of rotatable bonds is 6. The van der Waals surface area contributed by atoms with Gasteiger partial charge in [0.15, 0.2) is 5.82 Å². The molecule has 5 rings (SSSR count). The van der Waals surface area contributed by atoms with Gasteiger partial charge in [-0.3, -0.25) is 4.98 Å². The Balaban J connectivity index is 1.55. The lowest BCUT2D eigenvalue weighted by Gasteiger charge is -2.39. The fourth-order valence-corrected chi connectivity index (χ4v) is 4.63. The molecule has 4 aromatic rings. The van der Waals surface area contributed by atoms with Gasteiger partial charge in [0.25, 0.3) is 0 Å². The lowest BCUT2D eigenvalue weighted by molar-refractivity contribution is 0.0535. The van der Waals surface area contributed by atoms with E-state index in [0.29, 0.717) is 5.82 Å². The van der Waals surface area contributed by atoms with Gasteiger partial charge in [-0.15, -0.1) is 0 Å². The van der Waals surface area contributed by atoms with Crippen molar-refractivity contribution in [2.45, 2.75) is 25.2 Å². The third-order valence-corrected chi connectivity index (χ3v) is 6.49. The van der Waals surface area contributed by atoms with E-state index in [1.54, 1.807) is 19.5 Å². The molecule has 3 heterocycles. The Labute approximate surface area is 194 Å². The van der Waals surface area contributed by atoms with Gasteiger partial charge in [-0.1, -0.05) is 29.8 Å². The summed E-state index contributed by atoms with van der Waals surface area (Å²) in [4.78, 5) is 13.9. The van der Waals surface area contributed by atoms with Crippen LogP contribution in [0.5, 0.6) is 5.75 Å². The maximum absolute atomic E-state index is 5.78. The molecule has 2 aromatic heterocycles. The van der Waals surface area contributed by atoms with Crippen LogP contribution >= 0.6 is 0 Å². The first-order valence-electron chi connectivity index (χ1n) is 11.3. The van der Waals surface area contributed by atoms with E-state index in [-0.39, 0.29) is 5.41 Å². The first-order valence-corrected chi connectivity index (χ1v) is 11.3. The number of methoxy groups -OCH3 is 1. The Hall–Kier alpha value is -3.51. The standard InChI is InChI=1S/C27H28N4O2/c1-19-9-10-24(32-2)22(16-19)27(11-14-33-15-12-27)18-29-26-21-7-3-4-8-23(21)30-25(31-26)20-6-5-13-28-17-20/h3-10,13,16-17H,11-12,14-15,18H2,1-2H3,(H,29,30,31). The highest BCUT2D eigenvalue weighted by Gasteiger charge is 2.37. The molecule has 6 nitrogen and oxygen atoms in total. The van der Waals surface area contributed by atoms with E-state index in [4.69, 9.17) is 19.4 Å². The molecule has 1 N–H and O–H groups in total. The molecule has 168 valence electrons. The van der Waals surface area contributed by atoms with E-state index in [9.17, 15) is 0 Å². The molecule has 1 aliphatic heterocycles. The molecule has 1 aliphatic rings. The van der Waals surface area contributed by atoms with Crippen molar-refractivity contribution in [1.29, 1.82) is 0 Å². The van der Waals surface area contributed by atoms with Crippen molar-refractivity contribution in [3.8, 4) is 17.1 Å². The van der Waals surface area contributed by atoms with Crippen molar-refractivity contribution < 1.29 is 9.47 Å². The third-order valence-electron chi connectivity index (χ3n) is 6.49. The molecular formula is C27H28N4O2. The van der Waals surface area contributed by atoms with Crippen LogP contribution in [0, 0.1) is 6.92 Å². The second-order valence-electron chi connectivity index (χ2n) is 8.60. The normalized spacial score (nSPS) is 15.3. The monoisotopic (exact) mass is 440 g/mol. The summed E-state index contributed by atoms with van der Waals surface area (Å²) in [6.45, 7) is 4.31. The van der Waals surface area contributed by atoms with Gasteiger partial charge >= 0.3 is 0 Å². The van der Waals surface area contributed by atoms with E-state index in [2.05, 4.69) is 41.5 Å². The van der Waals surface area contributed by atoms with Gasteiger partial charge in [0.05, 0.1) is 12.6 Å².